The maximum atomic E-state index is 12.6. The summed E-state index contributed by atoms with van der Waals surface area (Å²) >= 11 is 1.51. The molecule has 2 amide bonds. The first-order chi connectivity index (χ1) is 9.47. The highest BCUT2D eigenvalue weighted by molar-refractivity contribution is 7.09. The molecule has 2 rings (SSSR count). The summed E-state index contributed by atoms with van der Waals surface area (Å²) in [6.07, 6.45) is 2.34. The maximum absolute atomic E-state index is 12.6. The predicted octanol–water partition coefficient (Wildman–Crippen LogP) is 1.97. The van der Waals surface area contributed by atoms with Gasteiger partial charge >= 0.3 is 0 Å². The Bertz CT molecular complexity index is 487. The number of hydrogen-bond acceptors (Lipinski definition) is 4. The molecule has 0 radical (unpaired) electrons. The molecule has 6 heteroatoms. The molecule has 0 aliphatic carbocycles. The van der Waals surface area contributed by atoms with Crippen LogP contribution >= 0.6 is 11.3 Å². The molecular weight excluding hydrogens is 274 g/mol. The summed E-state index contributed by atoms with van der Waals surface area (Å²) < 4.78 is 0. The van der Waals surface area contributed by atoms with Crippen LogP contribution in [0.15, 0.2) is 11.6 Å². The number of hydrogen-bond donors (Lipinski definition) is 1. The molecule has 1 aromatic rings. The number of nitrogens with zero attached hydrogens (tertiary/aromatic N) is 2. The minimum absolute atomic E-state index is 0.00602. The fraction of sp³-hybridized carbons (Fsp3) is 0.643. The van der Waals surface area contributed by atoms with Gasteiger partial charge in [0.1, 0.15) is 17.1 Å². The number of nitrogens with one attached hydrogen (secondary N) is 1. The molecular formula is C14H21N3O2S. The molecule has 20 heavy (non-hydrogen) atoms. The van der Waals surface area contributed by atoms with Gasteiger partial charge in [-0.25, -0.2) is 4.98 Å². The molecule has 0 spiro atoms. The van der Waals surface area contributed by atoms with Gasteiger partial charge in [-0.15, -0.1) is 11.3 Å². The normalized spacial score (nSPS) is 24.9. The van der Waals surface area contributed by atoms with Crippen molar-refractivity contribution in [2.24, 2.45) is 5.92 Å². The van der Waals surface area contributed by atoms with E-state index in [1.807, 2.05) is 33.1 Å². The Labute approximate surface area is 123 Å². The van der Waals surface area contributed by atoms with Crippen LogP contribution in [0.2, 0.25) is 0 Å². The summed E-state index contributed by atoms with van der Waals surface area (Å²) in [4.78, 5) is 31.0. The van der Waals surface area contributed by atoms with Crippen molar-refractivity contribution in [2.45, 2.75) is 52.2 Å². The lowest BCUT2D eigenvalue weighted by Crippen LogP contribution is -2.64. The topological polar surface area (TPSA) is 62.3 Å². The fourth-order valence-corrected chi connectivity index (χ4v) is 3.35. The molecule has 1 aliphatic heterocycles. The van der Waals surface area contributed by atoms with Gasteiger partial charge in [-0.3, -0.25) is 9.59 Å². The van der Waals surface area contributed by atoms with Crippen molar-refractivity contribution in [3.8, 4) is 0 Å². The van der Waals surface area contributed by atoms with E-state index in [2.05, 4.69) is 10.3 Å². The third kappa shape index (κ3) is 2.57. The molecule has 110 valence electrons. The standard InChI is InChI=1S/C14H21N3O2S/c1-5-10-14(19)17(9(4)13-15-6-7-20-13)11(8(2)3)12(18)16-10/h6-11H,5H2,1-4H3,(H,16,18). The van der Waals surface area contributed by atoms with Crippen molar-refractivity contribution >= 4 is 23.2 Å². The lowest BCUT2D eigenvalue weighted by Gasteiger charge is -2.43. The zero-order chi connectivity index (χ0) is 14.9. The van der Waals surface area contributed by atoms with Gasteiger partial charge in [0.2, 0.25) is 11.8 Å². The Kier molecular flexibility index (Phi) is 4.42. The second kappa shape index (κ2) is 5.91. The van der Waals surface area contributed by atoms with E-state index in [0.717, 1.165) is 5.01 Å². The number of rotatable bonds is 4. The number of carbonyl (C=O) groups is 2. The van der Waals surface area contributed by atoms with Crippen molar-refractivity contribution in [3.63, 3.8) is 0 Å². The van der Waals surface area contributed by atoms with Crippen molar-refractivity contribution in [1.29, 1.82) is 0 Å². The minimum Gasteiger partial charge on any atom is -0.343 e. The molecule has 1 aromatic heterocycles. The van der Waals surface area contributed by atoms with Gasteiger partial charge in [0.25, 0.3) is 0 Å². The molecule has 0 bridgehead atoms. The quantitative estimate of drug-likeness (QED) is 0.923. The van der Waals surface area contributed by atoms with Crippen molar-refractivity contribution in [3.05, 3.63) is 16.6 Å². The Morgan fingerprint density at radius 1 is 1.40 bits per heavy atom. The van der Waals surface area contributed by atoms with Crippen LogP contribution in [0.5, 0.6) is 0 Å². The lowest BCUT2D eigenvalue weighted by atomic mass is 9.94. The van der Waals surface area contributed by atoms with Crippen molar-refractivity contribution in [1.82, 2.24) is 15.2 Å². The van der Waals surface area contributed by atoms with Gasteiger partial charge in [-0.05, 0) is 19.3 Å². The summed E-state index contributed by atoms with van der Waals surface area (Å²) in [5.74, 6) is 0.00234. The predicted molar refractivity (Wildman–Crippen MR) is 78.2 cm³/mol. The Balaban J connectivity index is 2.36. The average Bonchev–Trinajstić information content (AvgIpc) is 2.93. The van der Waals surface area contributed by atoms with Crippen LogP contribution < -0.4 is 5.32 Å². The van der Waals surface area contributed by atoms with Gasteiger partial charge in [0.05, 0.1) is 6.04 Å². The number of amides is 2. The SMILES string of the molecule is CCC1NC(=O)C(C(C)C)N(C(C)c2nccs2)C1=O. The van der Waals surface area contributed by atoms with E-state index < -0.39 is 12.1 Å². The van der Waals surface area contributed by atoms with Crippen LogP contribution in [0, 0.1) is 5.92 Å². The molecule has 3 atom stereocenters. The second-order valence-corrected chi connectivity index (χ2v) is 6.38. The summed E-state index contributed by atoms with van der Waals surface area (Å²) in [6, 6.07) is -1.01. The molecule has 2 heterocycles. The van der Waals surface area contributed by atoms with E-state index in [-0.39, 0.29) is 23.8 Å². The van der Waals surface area contributed by atoms with E-state index in [1.165, 1.54) is 11.3 Å². The van der Waals surface area contributed by atoms with Crippen LogP contribution in [0.4, 0.5) is 0 Å². The smallest absolute Gasteiger partial charge is 0.246 e. The van der Waals surface area contributed by atoms with E-state index >= 15 is 0 Å². The zero-order valence-corrected chi connectivity index (χ0v) is 13.1. The van der Waals surface area contributed by atoms with Gasteiger partial charge in [0, 0.05) is 11.6 Å². The van der Waals surface area contributed by atoms with E-state index in [1.54, 1.807) is 11.1 Å². The van der Waals surface area contributed by atoms with Crippen LogP contribution in [0.1, 0.15) is 45.2 Å². The van der Waals surface area contributed by atoms with Gasteiger partial charge in [-0.2, -0.15) is 0 Å². The minimum atomic E-state index is -0.427. The van der Waals surface area contributed by atoms with Crippen LogP contribution in [-0.4, -0.2) is 33.8 Å². The highest BCUT2D eigenvalue weighted by Gasteiger charge is 2.44. The van der Waals surface area contributed by atoms with Crippen LogP contribution in [-0.2, 0) is 9.59 Å². The summed E-state index contributed by atoms with van der Waals surface area (Å²) in [7, 11) is 0. The van der Waals surface area contributed by atoms with E-state index in [9.17, 15) is 9.59 Å². The highest BCUT2D eigenvalue weighted by atomic mass is 32.1. The molecule has 1 aliphatic rings. The highest BCUT2D eigenvalue weighted by Crippen LogP contribution is 2.30. The molecule has 0 aromatic carbocycles. The first-order valence-electron chi connectivity index (χ1n) is 6.99. The third-order valence-electron chi connectivity index (χ3n) is 3.70. The molecule has 1 N–H and O–H groups in total. The van der Waals surface area contributed by atoms with Crippen molar-refractivity contribution < 1.29 is 9.59 Å². The fourth-order valence-electron chi connectivity index (χ4n) is 2.65. The van der Waals surface area contributed by atoms with Crippen LogP contribution in [0.3, 0.4) is 0 Å². The molecule has 5 nitrogen and oxygen atoms in total. The van der Waals surface area contributed by atoms with Gasteiger partial charge < -0.3 is 10.2 Å². The molecule has 1 saturated heterocycles. The molecule has 0 saturated carbocycles. The summed E-state index contributed by atoms with van der Waals surface area (Å²) in [5.41, 5.74) is 0. The lowest BCUT2D eigenvalue weighted by molar-refractivity contribution is -0.154. The van der Waals surface area contributed by atoms with Crippen LogP contribution in [0.25, 0.3) is 0 Å². The van der Waals surface area contributed by atoms with E-state index in [4.69, 9.17) is 0 Å². The van der Waals surface area contributed by atoms with Crippen molar-refractivity contribution in [2.75, 3.05) is 0 Å². The second-order valence-electron chi connectivity index (χ2n) is 5.45. The number of piperazine rings is 1. The third-order valence-corrected chi connectivity index (χ3v) is 4.65. The zero-order valence-electron chi connectivity index (χ0n) is 12.3. The maximum Gasteiger partial charge on any atom is 0.246 e. The molecule has 1 fully saturated rings. The molecule has 3 unspecified atom stereocenters. The average molecular weight is 295 g/mol. The van der Waals surface area contributed by atoms with E-state index in [0.29, 0.717) is 6.42 Å². The monoisotopic (exact) mass is 295 g/mol. The first-order valence-corrected chi connectivity index (χ1v) is 7.87. The largest absolute Gasteiger partial charge is 0.343 e. The Morgan fingerprint density at radius 3 is 2.60 bits per heavy atom. The summed E-state index contributed by atoms with van der Waals surface area (Å²) in [6.45, 7) is 7.78. The first kappa shape index (κ1) is 15.0. The Hall–Kier alpha value is -1.43. The van der Waals surface area contributed by atoms with Gasteiger partial charge in [0.15, 0.2) is 0 Å². The number of aromatic nitrogens is 1. The Morgan fingerprint density at radius 2 is 2.10 bits per heavy atom. The van der Waals surface area contributed by atoms with Gasteiger partial charge in [-0.1, -0.05) is 20.8 Å². The summed E-state index contributed by atoms with van der Waals surface area (Å²) in [5, 5.41) is 5.59. The number of carbonyl (C=O) groups excluding carboxylic acids is 2. The number of thiazole rings is 1.